The molecule has 80 valence electrons. The van der Waals surface area contributed by atoms with Crippen LogP contribution < -0.4 is 5.73 Å². The van der Waals surface area contributed by atoms with Gasteiger partial charge in [-0.25, -0.2) is 9.38 Å². The van der Waals surface area contributed by atoms with Crippen LogP contribution in [0, 0.1) is 11.2 Å². The SMILES string of the molecule is CCCC=NC(=N)c1ccc(N)c(F)c1. The Labute approximate surface area is 88.3 Å². The quantitative estimate of drug-likeness (QED) is 0.446. The van der Waals surface area contributed by atoms with E-state index in [1.165, 1.54) is 12.1 Å². The Bertz CT molecular complexity index is 385. The number of hydrogen-bond donors (Lipinski definition) is 2. The minimum atomic E-state index is -0.511. The fraction of sp³-hybridized carbons (Fsp3) is 0.273. The van der Waals surface area contributed by atoms with Gasteiger partial charge in [-0.05, 0) is 24.6 Å². The predicted octanol–water partition coefficient (Wildman–Crippen LogP) is 2.60. The first-order valence-corrected chi connectivity index (χ1v) is 4.81. The van der Waals surface area contributed by atoms with Crippen LogP contribution in [-0.2, 0) is 0 Å². The van der Waals surface area contributed by atoms with Crippen LogP contribution in [0.3, 0.4) is 0 Å². The Morgan fingerprint density at radius 2 is 2.33 bits per heavy atom. The largest absolute Gasteiger partial charge is 0.396 e. The third-order valence-electron chi connectivity index (χ3n) is 1.91. The molecule has 15 heavy (non-hydrogen) atoms. The maximum atomic E-state index is 13.1. The topological polar surface area (TPSA) is 62.2 Å². The summed E-state index contributed by atoms with van der Waals surface area (Å²) in [5.41, 5.74) is 5.85. The first-order chi connectivity index (χ1) is 7.15. The molecule has 0 spiro atoms. The summed E-state index contributed by atoms with van der Waals surface area (Å²) in [5.74, 6) is -0.453. The molecule has 0 bridgehead atoms. The summed E-state index contributed by atoms with van der Waals surface area (Å²) in [6, 6.07) is 4.25. The average Bonchev–Trinajstić information content (AvgIpc) is 2.22. The zero-order valence-electron chi connectivity index (χ0n) is 8.63. The zero-order chi connectivity index (χ0) is 11.3. The number of nitrogens with zero attached hydrogens (tertiary/aromatic N) is 1. The highest BCUT2D eigenvalue weighted by Gasteiger charge is 2.03. The summed E-state index contributed by atoms with van der Waals surface area (Å²) < 4.78 is 13.1. The maximum absolute atomic E-state index is 13.1. The maximum Gasteiger partial charge on any atom is 0.151 e. The lowest BCUT2D eigenvalue weighted by molar-refractivity contribution is 0.632. The van der Waals surface area contributed by atoms with Crippen molar-refractivity contribution in [1.29, 1.82) is 5.41 Å². The lowest BCUT2D eigenvalue weighted by Gasteiger charge is -2.00. The number of anilines is 1. The predicted molar refractivity (Wildman–Crippen MR) is 61.0 cm³/mol. The molecule has 1 aromatic carbocycles. The van der Waals surface area contributed by atoms with Gasteiger partial charge < -0.3 is 5.73 Å². The van der Waals surface area contributed by atoms with Gasteiger partial charge in [0.05, 0.1) is 5.69 Å². The van der Waals surface area contributed by atoms with E-state index in [0.717, 1.165) is 12.8 Å². The second-order valence-corrected chi connectivity index (χ2v) is 3.19. The van der Waals surface area contributed by atoms with E-state index in [1.807, 2.05) is 6.92 Å². The lowest BCUT2D eigenvalue weighted by atomic mass is 10.2. The number of aliphatic imine (C=N–C) groups is 1. The Kier molecular flexibility index (Phi) is 3.97. The van der Waals surface area contributed by atoms with Gasteiger partial charge in [0.25, 0.3) is 0 Å². The summed E-state index contributed by atoms with van der Waals surface area (Å²) >= 11 is 0. The normalized spacial score (nSPS) is 10.8. The van der Waals surface area contributed by atoms with Crippen LogP contribution in [-0.4, -0.2) is 12.1 Å². The van der Waals surface area contributed by atoms with Gasteiger partial charge in [0.1, 0.15) is 5.82 Å². The first-order valence-electron chi connectivity index (χ1n) is 4.81. The molecule has 4 heteroatoms. The molecule has 0 aliphatic carbocycles. The van der Waals surface area contributed by atoms with Gasteiger partial charge in [0.15, 0.2) is 5.84 Å². The van der Waals surface area contributed by atoms with E-state index in [4.69, 9.17) is 11.1 Å². The molecular weight excluding hydrogens is 193 g/mol. The van der Waals surface area contributed by atoms with E-state index in [9.17, 15) is 4.39 Å². The molecule has 0 aliphatic rings. The fourth-order valence-corrected chi connectivity index (χ4v) is 1.03. The van der Waals surface area contributed by atoms with Gasteiger partial charge in [0, 0.05) is 11.8 Å². The highest BCUT2D eigenvalue weighted by Crippen LogP contribution is 2.12. The summed E-state index contributed by atoms with van der Waals surface area (Å²) in [7, 11) is 0. The van der Waals surface area contributed by atoms with E-state index in [2.05, 4.69) is 4.99 Å². The molecule has 0 unspecified atom stereocenters. The van der Waals surface area contributed by atoms with E-state index >= 15 is 0 Å². The Balaban J connectivity index is 2.78. The van der Waals surface area contributed by atoms with Crippen molar-refractivity contribution in [3.05, 3.63) is 29.6 Å². The van der Waals surface area contributed by atoms with Crippen LogP contribution in [0.1, 0.15) is 25.3 Å². The molecule has 3 N–H and O–H groups in total. The van der Waals surface area contributed by atoms with Crippen molar-refractivity contribution in [1.82, 2.24) is 0 Å². The van der Waals surface area contributed by atoms with Crippen LogP contribution in [0.25, 0.3) is 0 Å². The standard InChI is InChI=1S/C11H14FN3/c1-2-3-6-15-11(14)8-4-5-10(13)9(12)7-8/h4-7,14H,2-3,13H2,1H3. The number of benzene rings is 1. The van der Waals surface area contributed by atoms with Crippen LogP contribution >= 0.6 is 0 Å². The third-order valence-corrected chi connectivity index (χ3v) is 1.91. The van der Waals surface area contributed by atoms with Crippen molar-refractivity contribution >= 4 is 17.7 Å². The zero-order valence-corrected chi connectivity index (χ0v) is 8.63. The lowest BCUT2D eigenvalue weighted by Crippen LogP contribution is -1.98. The van der Waals surface area contributed by atoms with Gasteiger partial charge in [0.2, 0.25) is 0 Å². The average molecular weight is 207 g/mol. The monoisotopic (exact) mass is 207 g/mol. The van der Waals surface area contributed by atoms with Crippen LogP contribution in [0.2, 0.25) is 0 Å². The Hall–Kier alpha value is -1.71. The molecule has 0 fully saturated rings. The minimum absolute atomic E-state index is 0.0577. The third kappa shape index (κ3) is 3.16. The van der Waals surface area contributed by atoms with Crippen molar-refractivity contribution in [2.45, 2.75) is 19.8 Å². The van der Waals surface area contributed by atoms with Gasteiger partial charge in [-0.3, -0.25) is 5.41 Å². The smallest absolute Gasteiger partial charge is 0.151 e. The number of nitrogens with one attached hydrogen (secondary N) is 1. The number of amidine groups is 1. The number of nitrogen functional groups attached to an aromatic ring is 1. The number of rotatable bonds is 3. The van der Waals surface area contributed by atoms with E-state index < -0.39 is 5.82 Å². The molecule has 3 nitrogen and oxygen atoms in total. The summed E-state index contributed by atoms with van der Waals surface area (Å²) in [6.45, 7) is 2.03. The van der Waals surface area contributed by atoms with Gasteiger partial charge >= 0.3 is 0 Å². The van der Waals surface area contributed by atoms with Crippen molar-refractivity contribution < 1.29 is 4.39 Å². The van der Waals surface area contributed by atoms with E-state index in [1.54, 1.807) is 12.3 Å². The van der Waals surface area contributed by atoms with Crippen molar-refractivity contribution in [2.24, 2.45) is 4.99 Å². The molecule has 0 atom stereocenters. The second kappa shape index (κ2) is 5.24. The molecule has 1 rings (SSSR count). The van der Waals surface area contributed by atoms with Gasteiger partial charge in [-0.2, -0.15) is 0 Å². The Morgan fingerprint density at radius 3 is 2.93 bits per heavy atom. The minimum Gasteiger partial charge on any atom is -0.396 e. The van der Waals surface area contributed by atoms with Crippen LogP contribution in [0.4, 0.5) is 10.1 Å². The summed E-state index contributed by atoms with van der Waals surface area (Å²) in [4.78, 5) is 3.91. The molecular formula is C11H14FN3. The molecule has 0 radical (unpaired) electrons. The fourth-order valence-electron chi connectivity index (χ4n) is 1.03. The number of unbranched alkanes of at least 4 members (excludes halogenated alkanes) is 1. The summed E-state index contributed by atoms with van der Waals surface area (Å²) in [5, 5.41) is 7.57. The number of hydrogen-bond acceptors (Lipinski definition) is 2. The molecule has 0 heterocycles. The number of nitrogens with two attached hydrogens (primary N) is 1. The van der Waals surface area contributed by atoms with E-state index in [0.29, 0.717) is 5.56 Å². The van der Waals surface area contributed by atoms with Crippen molar-refractivity contribution in [2.75, 3.05) is 5.73 Å². The molecule has 0 saturated heterocycles. The summed E-state index contributed by atoms with van der Waals surface area (Å²) in [6.07, 6.45) is 3.46. The van der Waals surface area contributed by atoms with Crippen LogP contribution in [0.5, 0.6) is 0 Å². The van der Waals surface area contributed by atoms with Gasteiger partial charge in [-0.15, -0.1) is 0 Å². The molecule has 0 aliphatic heterocycles. The van der Waals surface area contributed by atoms with Crippen molar-refractivity contribution in [3.8, 4) is 0 Å². The van der Waals surface area contributed by atoms with Crippen molar-refractivity contribution in [3.63, 3.8) is 0 Å². The second-order valence-electron chi connectivity index (χ2n) is 3.19. The number of halogens is 1. The highest BCUT2D eigenvalue weighted by atomic mass is 19.1. The van der Waals surface area contributed by atoms with Gasteiger partial charge in [-0.1, -0.05) is 13.3 Å². The highest BCUT2D eigenvalue weighted by molar-refractivity contribution is 6.01. The molecule has 0 aromatic heterocycles. The first kappa shape index (κ1) is 11.4. The molecule has 0 saturated carbocycles. The Morgan fingerprint density at radius 1 is 1.60 bits per heavy atom. The van der Waals surface area contributed by atoms with E-state index in [-0.39, 0.29) is 11.5 Å². The van der Waals surface area contributed by atoms with Crippen LogP contribution in [0.15, 0.2) is 23.2 Å². The molecule has 1 aromatic rings. The molecule has 0 amide bonds.